The second kappa shape index (κ2) is 2.13. The molecule has 0 bridgehead atoms. The molecule has 2 heterocycles. The van der Waals surface area contributed by atoms with E-state index >= 15 is 0 Å². The number of hydrogen-bond donors (Lipinski definition) is 0. The van der Waals surface area contributed by atoms with E-state index in [1.165, 1.54) is 0 Å². The molecule has 0 N–H and O–H groups in total. The van der Waals surface area contributed by atoms with Gasteiger partial charge in [-0.2, -0.15) is 0 Å². The molecule has 2 aliphatic heterocycles. The molecule has 0 spiro atoms. The zero-order valence-corrected chi connectivity index (χ0v) is 6.91. The second-order valence-corrected chi connectivity index (χ2v) is 3.61. The highest BCUT2D eigenvalue weighted by molar-refractivity contribution is 5.71. The fraction of sp³-hybridized carbons (Fsp3) is 0.875. The van der Waals surface area contributed by atoms with Crippen molar-refractivity contribution in [1.82, 2.24) is 4.90 Å². The first kappa shape index (κ1) is 6.95. The Kier molecular flexibility index (Phi) is 1.34. The third-order valence-electron chi connectivity index (χ3n) is 2.79. The Bertz CT molecular complexity index is 193. The molecule has 2 rings (SSSR count). The van der Waals surface area contributed by atoms with Crippen molar-refractivity contribution in [3.8, 4) is 0 Å². The van der Waals surface area contributed by atoms with Gasteiger partial charge in [0.1, 0.15) is 6.61 Å². The number of nitrogens with zero attached hydrogens (tertiary/aromatic N) is 1. The van der Waals surface area contributed by atoms with E-state index in [2.05, 4.69) is 13.8 Å². The van der Waals surface area contributed by atoms with Gasteiger partial charge in [0.25, 0.3) is 0 Å². The van der Waals surface area contributed by atoms with Crippen LogP contribution in [-0.4, -0.2) is 29.7 Å². The maximum absolute atomic E-state index is 11.1. The number of carbonyl (C=O) groups excluding carboxylic acids is 1. The van der Waals surface area contributed by atoms with Crippen molar-refractivity contribution in [3.05, 3.63) is 0 Å². The zero-order chi connectivity index (χ0) is 8.01. The number of cyclic esters (lactones) is 1. The van der Waals surface area contributed by atoms with E-state index in [0.29, 0.717) is 24.6 Å². The molecule has 0 aromatic carbocycles. The maximum atomic E-state index is 11.1. The number of fused-ring (bicyclic) bond motifs is 1. The Balaban J connectivity index is 2.21. The summed E-state index contributed by atoms with van der Waals surface area (Å²) in [6.45, 7) is 4.87. The van der Waals surface area contributed by atoms with E-state index in [-0.39, 0.29) is 6.09 Å². The summed E-state index contributed by atoms with van der Waals surface area (Å²) >= 11 is 0. The van der Waals surface area contributed by atoms with Crippen molar-refractivity contribution in [3.63, 3.8) is 0 Å². The largest absolute Gasteiger partial charge is 0.447 e. The molecule has 11 heavy (non-hydrogen) atoms. The molecule has 1 amide bonds. The molecule has 2 saturated heterocycles. The number of ether oxygens (including phenoxy) is 1. The number of carbonyl (C=O) groups is 1. The molecule has 3 heteroatoms. The lowest BCUT2D eigenvalue weighted by molar-refractivity contribution is 0.151. The molecule has 0 aliphatic carbocycles. The van der Waals surface area contributed by atoms with Crippen LogP contribution in [-0.2, 0) is 4.74 Å². The molecular weight excluding hydrogens is 142 g/mol. The van der Waals surface area contributed by atoms with Gasteiger partial charge in [-0.25, -0.2) is 4.79 Å². The lowest BCUT2D eigenvalue weighted by Crippen LogP contribution is -2.34. The van der Waals surface area contributed by atoms with E-state index in [9.17, 15) is 4.79 Å². The third kappa shape index (κ3) is 0.832. The average molecular weight is 155 g/mol. The highest BCUT2D eigenvalue weighted by atomic mass is 16.6. The highest BCUT2D eigenvalue weighted by Crippen LogP contribution is 2.33. The summed E-state index contributed by atoms with van der Waals surface area (Å²) in [6, 6.07) is 0.738. The van der Waals surface area contributed by atoms with Crippen LogP contribution in [0, 0.1) is 5.92 Å². The van der Waals surface area contributed by atoms with E-state index < -0.39 is 0 Å². The van der Waals surface area contributed by atoms with E-state index in [1.54, 1.807) is 0 Å². The lowest BCUT2D eigenvalue weighted by Gasteiger charge is -2.16. The van der Waals surface area contributed by atoms with Crippen LogP contribution >= 0.6 is 0 Å². The standard InChI is InChI=1S/C8H13NO2/c1-5-3-6(2)9-7(5)4-11-8(9)10/h5-7H,3-4H2,1-2H3/t5-,6-,7-/m0/s1. The van der Waals surface area contributed by atoms with Crippen LogP contribution in [0.4, 0.5) is 4.79 Å². The topological polar surface area (TPSA) is 29.5 Å². The first-order chi connectivity index (χ1) is 5.20. The molecule has 3 nitrogen and oxygen atoms in total. The van der Waals surface area contributed by atoms with Crippen LogP contribution in [0.15, 0.2) is 0 Å². The Morgan fingerprint density at radius 3 is 2.91 bits per heavy atom. The maximum Gasteiger partial charge on any atom is 0.410 e. The summed E-state index contributed by atoms with van der Waals surface area (Å²) in [5.74, 6) is 0.608. The van der Waals surface area contributed by atoms with Gasteiger partial charge in [-0.1, -0.05) is 6.92 Å². The first-order valence-electron chi connectivity index (χ1n) is 4.15. The van der Waals surface area contributed by atoms with Gasteiger partial charge in [-0.15, -0.1) is 0 Å². The summed E-state index contributed by atoms with van der Waals surface area (Å²) in [5.41, 5.74) is 0. The normalized spacial score (nSPS) is 42.5. The fourth-order valence-electron chi connectivity index (χ4n) is 2.20. The molecule has 0 saturated carbocycles. The summed E-state index contributed by atoms with van der Waals surface area (Å²) in [4.78, 5) is 13.0. The van der Waals surface area contributed by atoms with Crippen molar-refractivity contribution < 1.29 is 9.53 Å². The van der Waals surface area contributed by atoms with Crippen LogP contribution in [0.3, 0.4) is 0 Å². The summed E-state index contributed by atoms with van der Waals surface area (Å²) in [6.07, 6.45) is 1.01. The monoisotopic (exact) mass is 155 g/mol. The molecule has 0 radical (unpaired) electrons. The predicted octanol–water partition coefficient (Wildman–Crippen LogP) is 1.24. The average Bonchev–Trinajstić information content (AvgIpc) is 2.41. The molecule has 3 atom stereocenters. The predicted molar refractivity (Wildman–Crippen MR) is 40.2 cm³/mol. The number of rotatable bonds is 0. The van der Waals surface area contributed by atoms with Crippen LogP contribution in [0.5, 0.6) is 0 Å². The van der Waals surface area contributed by atoms with E-state index in [1.807, 2.05) is 4.90 Å². The van der Waals surface area contributed by atoms with Gasteiger partial charge in [-0.05, 0) is 19.3 Å². The Morgan fingerprint density at radius 1 is 1.55 bits per heavy atom. The highest BCUT2D eigenvalue weighted by Gasteiger charge is 2.45. The summed E-state index contributed by atoms with van der Waals surface area (Å²) in [5, 5.41) is 0. The van der Waals surface area contributed by atoms with Crippen LogP contribution in [0.25, 0.3) is 0 Å². The minimum atomic E-state index is -0.119. The molecule has 2 fully saturated rings. The number of hydrogen-bond acceptors (Lipinski definition) is 2. The second-order valence-electron chi connectivity index (χ2n) is 3.61. The Hall–Kier alpha value is -0.730. The van der Waals surface area contributed by atoms with Gasteiger partial charge in [0.2, 0.25) is 0 Å². The Labute approximate surface area is 66.3 Å². The minimum absolute atomic E-state index is 0.119. The first-order valence-corrected chi connectivity index (χ1v) is 4.15. The smallest absolute Gasteiger partial charge is 0.410 e. The van der Waals surface area contributed by atoms with E-state index in [0.717, 1.165) is 6.42 Å². The molecule has 2 aliphatic rings. The van der Waals surface area contributed by atoms with Crippen molar-refractivity contribution in [2.75, 3.05) is 6.61 Å². The minimum Gasteiger partial charge on any atom is -0.447 e. The number of amides is 1. The van der Waals surface area contributed by atoms with Crippen molar-refractivity contribution in [1.29, 1.82) is 0 Å². The van der Waals surface area contributed by atoms with Gasteiger partial charge < -0.3 is 4.74 Å². The fourth-order valence-corrected chi connectivity index (χ4v) is 2.20. The summed E-state index contributed by atoms with van der Waals surface area (Å²) < 4.78 is 4.95. The summed E-state index contributed by atoms with van der Waals surface area (Å²) in [7, 11) is 0. The zero-order valence-electron chi connectivity index (χ0n) is 6.91. The van der Waals surface area contributed by atoms with Gasteiger partial charge in [0.05, 0.1) is 6.04 Å². The van der Waals surface area contributed by atoms with E-state index in [4.69, 9.17) is 4.74 Å². The van der Waals surface area contributed by atoms with Crippen molar-refractivity contribution in [2.45, 2.75) is 32.4 Å². The molecule has 0 aromatic heterocycles. The molecular formula is C8H13NO2. The van der Waals surface area contributed by atoms with Crippen molar-refractivity contribution >= 4 is 6.09 Å². The van der Waals surface area contributed by atoms with Gasteiger partial charge in [-0.3, -0.25) is 4.90 Å². The Morgan fingerprint density at radius 2 is 2.27 bits per heavy atom. The SMILES string of the molecule is C[C@H]1C[C@H](C)N2C(=O)OC[C@@H]12. The van der Waals surface area contributed by atoms with Gasteiger partial charge in [0, 0.05) is 6.04 Å². The van der Waals surface area contributed by atoms with Crippen molar-refractivity contribution in [2.24, 2.45) is 5.92 Å². The third-order valence-corrected chi connectivity index (χ3v) is 2.79. The van der Waals surface area contributed by atoms with Crippen LogP contribution < -0.4 is 0 Å². The van der Waals surface area contributed by atoms with Gasteiger partial charge in [0.15, 0.2) is 0 Å². The van der Waals surface area contributed by atoms with Gasteiger partial charge >= 0.3 is 6.09 Å². The molecule has 0 aromatic rings. The quantitative estimate of drug-likeness (QED) is 0.526. The molecule has 0 unspecified atom stereocenters. The molecule has 62 valence electrons. The lowest BCUT2D eigenvalue weighted by atomic mass is 10.0. The van der Waals surface area contributed by atoms with Crippen LogP contribution in [0.1, 0.15) is 20.3 Å². The van der Waals surface area contributed by atoms with Crippen LogP contribution in [0.2, 0.25) is 0 Å².